The number of nitrogens with two attached hydrogens (primary N) is 1. The molecule has 3 N–H and O–H groups in total. The molecule has 0 heterocycles. The Morgan fingerprint density at radius 3 is 2.18 bits per heavy atom. The van der Waals surface area contributed by atoms with E-state index in [0.29, 0.717) is 11.8 Å². The quantitative estimate of drug-likeness (QED) is 0.691. The first-order valence-electron chi connectivity index (χ1n) is 6.76. The topological polar surface area (TPSA) is 55.5 Å². The fourth-order valence-corrected chi connectivity index (χ4v) is 2.67. The van der Waals surface area contributed by atoms with Gasteiger partial charge in [-0.25, -0.2) is 0 Å². The van der Waals surface area contributed by atoms with Gasteiger partial charge in [0.25, 0.3) is 0 Å². The molecule has 0 saturated carbocycles. The number of aliphatic hydroxyl groups is 1. The van der Waals surface area contributed by atoms with Gasteiger partial charge in [0.2, 0.25) is 0 Å². The summed E-state index contributed by atoms with van der Waals surface area (Å²) in [6.45, 7) is 10.4. The predicted molar refractivity (Wildman–Crippen MR) is 72.9 cm³/mol. The Morgan fingerprint density at radius 1 is 1.29 bits per heavy atom. The van der Waals surface area contributed by atoms with Crippen molar-refractivity contribution >= 4 is 0 Å². The van der Waals surface area contributed by atoms with Crippen molar-refractivity contribution in [1.29, 1.82) is 0 Å². The van der Waals surface area contributed by atoms with Gasteiger partial charge >= 0.3 is 0 Å². The van der Waals surface area contributed by atoms with Crippen LogP contribution in [0.1, 0.15) is 53.9 Å². The van der Waals surface area contributed by atoms with Crippen LogP contribution in [-0.4, -0.2) is 30.0 Å². The molecule has 4 unspecified atom stereocenters. The Balaban J connectivity index is 4.66. The summed E-state index contributed by atoms with van der Waals surface area (Å²) in [5.74, 6) is 0.800. The molecular weight excluding hydrogens is 214 g/mol. The zero-order chi connectivity index (χ0) is 13.6. The van der Waals surface area contributed by atoms with Crippen LogP contribution in [0.2, 0.25) is 0 Å². The van der Waals surface area contributed by atoms with Crippen LogP contribution in [0.4, 0.5) is 0 Å². The molecule has 0 amide bonds. The number of methoxy groups -OCH3 is 1. The predicted octanol–water partition coefficient (Wildman–Crippen LogP) is 2.56. The van der Waals surface area contributed by atoms with Crippen molar-refractivity contribution in [3.8, 4) is 0 Å². The molecule has 0 spiro atoms. The molecular formula is C14H31NO2. The van der Waals surface area contributed by atoms with E-state index in [2.05, 4.69) is 27.7 Å². The summed E-state index contributed by atoms with van der Waals surface area (Å²) in [6.07, 6.45) is 2.15. The van der Waals surface area contributed by atoms with Crippen molar-refractivity contribution in [3.63, 3.8) is 0 Å². The monoisotopic (exact) mass is 245 g/mol. The number of rotatable bonds is 8. The smallest absolute Gasteiger partial charge is 0.0980 e. The summed E-state index contributed by atoms with van der Waals surface area (Å²) in [6, 6.07) is 0. The van der Waals surface area contributed by atoms with Gasteiger partial charge in [-0.15, -0.1) is 0 Å². The van der Waals surface area contributed by atoms with Crippen LogP contribution >= 0.6 is 0 Å². The van der Waals surface area contributed by atoms with Gasteiger partial charge in [0, 0.05) is 12.6 Å². The zero-order valence-corrected chi connectivity index (χ0v) is 12.4. The molecule has 0 aliphatic heterocycles. The molecule has 3 heteroatoms. The van der Waals surface area contributed by atoms with E-state index in [1.54, 1.807) is 7.11 Å². The third-order valence-corrected chi connectivity index (χ3v) is 3.41. The van der Waals surface area contributed by atoms with E-state index >= 15 is 0 Å². The van der Waals surface area contributed by atoms with Crippen LogP contribution in [0.3, 0.4) is 0 Å². The lowest BCUT2D eigenvalue weighted by molar-refractivity contribution is -0.0771. The van der Waals surface area contributed by atoms with Gasteiger partial charge in [-0.1, -0.05) is 34.1 Å². The molecule has 0 radical (unpaired) electrons. The average molecular weight is 245 g/mol. The Bertz CT molecular complexity index is 204. The molecule has 3 nitrogen and oxygen atoms in total. The fourth-order valence-electron chi connectivity index (χ4n) is 2.67. The first kappa shape index (κ1) is 16.9. The van der Waals surface area contributed by atoms with E-state index < -0.39 is 11.6 Å². The summed E-state index contributed by atoms with van der Waals surface area (Å²) >= 11 is 0. The van der Waals surface area contributed by atoms with Crippen molar-refractivity contribution in [2.75, 3.05) is 7.11 Å². The van der Waals surface area contributed by atoms with Crippen molar-refractivity contribution in [3.05, 3.63) is 0 Å². The van der Waals surface area contributed by atoms with Crippen molar-refractivity contribution < 1.29 is 9.84 Å². The maximum atomic E-state index is 10.4. The average Bonchev–Trinajstić information content (AvgIpc) is 2.16. The molecule has 17 heavy (non-hydrogen) atoms. The van der Waals surface area contributed by atoms with Crippen LogP contribution in [-0.2, 0) is 4.74 Å². The van der Waals surface area contributed by atoms with Crippen LogP contribution in [0.25, 0.3) is 0 Å². The van der Waals surface area contributed by atoms with Crippen LogP contribution in [0.5, 0.6) is 0 Å². The number of hydrogen-bond acceptors (Lipinski definition) is 3. The lowest BCUT2D eigenvalue weighted by Gasteiger charge is -2.38. The van der Waals surface area contributed by atoms with Crippen molar-refractivity contribution in [1.82, 2.24) is 0 Å². The SMILES string of the molecule is CCCC(C)C(OC)C(O)C(C)(N)CC(C)C. The van der Waals surface area contributed by atoms with E-state index in [0.717, 1.165) is 19.3 Å². The summed E-state index contributed by atoms with van der Waals surface area (Å²) in [7, 11) is 1.66. The summed E-state index contributed by atoms with van der Waals surface area (Å²) in [4.78, 5) is 0. The van der Waals surface area contributed by atoms with E-state index in [1.807, 2.05) is 6.92 Å². The minimum Gasteiger partial charge on any atom is -0.388 e. The third kappa shape index (κ3) is 5.36. The molecule has 104 valence electrons. The largest absolute Gasteiger partial charge is 0.388 e. The van der Waals surface area contributed by atoms with Gasteiger partial charge in [0.15, 0.2) is 0 Å². The standard InChI is InChI=1S/C14H31NO2/c1-7-8-11(4)12(17-6)13(16)14(5,15)9-10(2)3/h10-13,16H,7-9,15H2,1-6H3. The van der Waals surface area contributed by atoms with Crippen molar-refractivity contribution in [2.45, 2.75) is 71.6 Å². The molecule has 0 saturated heterocycles. The highest BCUT2D eigenvalue weighted by Crippen LogP contribution is 2.26. The highest BCUT2D eigenvalue weighted by Gasteiger charge is 2.37. The van der Waals surface area contributed by atoms with Gasteiger partial charge in [-0.2, -0.15) is 0 Å². The second-order valence-electron chi connectivity index (χ2n) is 6.01. The molecule has 4 atom stereocenters. The van der Waals surface area contributed by atoms with Crippen LogP contribution in [0.15, 0.2) is 0 Å². The maximum Gasteiger partial charge on any atom is 0.0980 e. The van der Waals surface area contributed by atoms with Gasteiger partial charge in [-0.05, 0) is 31.6 Å². The van der Waals surface area contributed by atoms with Gasteiger partial charge in [0.05, 0.1) is 12.2 Å². The van der Waals surface area contributed by atoms with Gasteiger partial charge < -0.3 is 15.6 Å². The highest BCUT2D eigenvalue weighted by molar-refractivity contribution is 4.94. The minimum atomic E-state index is -0.614. The Labute approximate surface area is 107 Å². The molecule has 0 aromatic rings. The van der Waals surface area contributed by atoms with Gasteiger partial charge in [0.1, 0.15) is 0 Å². The third-order valence-electron chi connectivity index (χ3n) is 3.41. The fraction of sp³-hybridized carbons (Fsp3) is 1.00. The molecule has 0 aromatic heterocycles. The maximum absolute atomic E-state index is 10.4. The highest BCUT2D eigenvalue weighted by atomic mass is 16.5. The Hall–Kier alpha value is -0.120. The summed E-state index contributed by atoms with van der Waals surface area (Å²) in [5, 5.41) is 10.4. The molecule has 0 bridgehead atoms. The Morgan fingerprint density at radius 2 is 1.82 bits per heavy atom. The number of aliphatic hydroxyl groups excluding tert-OH is 1. The normalized spacial score (nSPS) is 21.0. The van der Waals surface area contributed by atoms with Crippen LogP contribution < -0.4 is 5.73 Å². The van der Waals surface area contributed by atoms with E-state index in [4.69, 9.17) is 10.5 Å². The van der Waals surface area contributed by atoms with Gasteiger partial charge in [-0.3, -0.25) is 0 Å². The molecule has 0 rings (SSSR count). The molecule has 0 aliphatic carbocycles. The molecule has 0 aromatic carbocycles. The second kappa shape index (κ2) is 7.34. The first-order valence-corrected chi connectivity index (χ1v) is 6.76. The first-order chi connectivity index (χ1) is 7.76. The number of hydrogen-bond donors (Lipinski definition) is 2. The van der Waals surface area contributed by atoms with E-state index in [-0.39, 0.29) is 6.10 Å². The second-order valence-corrected chi connectivity index (χ2v) is 6.01. The number of ether oxygens (including phenoxy) is 1. The Kier molecular flexibility index (Phi) is 7.29. The lowest BCUT2D eigenvalue weighted by Crippen LogP contribution is -2.56. The summed E-state index contributed by atoms with van der Waals surface area (Å²) < 4.78 is 5.46. The minimum absolute atomic E-state index is 0.177. The van der Waals surface area contributed by atoms with Crippen LogP contribution in [0, 0.1) is 11.8 Å². The molecule has 0 fully saturated rings. The lowest BCUT2D eigenvalue weighted by atomic mass is 9.80. The molecule has 0 aliphatic rings. The van der Waals surface area contributed by atoms with Crippen molar-refractivity contribution in [2.24, 2.45) is 17.6 Å². The summed E-state index contributed by atoms with van der Waals surface area (Å²) in [5.41, 5.74) is 5.66. The van der Waals surface area contributed by atoms with E-state index in [9.17, 15) is 5.11 Å². The zero-order valence-electron chi connectivity index (χ0n) is 12.4. The van der Waals surface area contributed by atoms with E-state index in [1.165, 1.54) is 0 Å².